The monoisotopic (exact) mass is 388 g/mol. The number of piperidine rings is 1. The SMILES string of the molecule is CNC1CCCN(C(=O)Cc2cccc(OCc3cccc(C)c3)c2)C1.Cl. The summed E-state index contributed by atoms with van der Waals surface area (Å²) < 4.78 is 5.91. The van der Waals surface area contributed by atoms with Gasteiger partial charge in [0, 0.05) is 19.1 Å². The number of amides is 1. The van der Waals surface area contributed by atoms with E-state index in [1.54, 1.807) is 0 Å². The number of aryl methyl sites for hydroxylation is 1. The quantitative estimate of drug-likeness (QED) is 0.819. The molecule has 1 atom stereocenters. The van der Waals surface area contributed by atoms with E-state index in [0.717, 1.165) is 42.8 Å². The summed E-state index contributed by atoms with van der Waals surface area (Å²) in [5.74, 6) is 1.00. The molecule has 0 aliphatic carbocycles. The minimum Gasteiger partial charge on any atom is -0.489 e. The molecule has 0 radical (unpaired) electrons. The lowest BCUT2D eigenvalue weighted by atomic mass is 10.0. The van der Waals surface area contributed by atoms with Crippen LogP contribution in [0.4, 0.5) is 0 Å². The van der Waals surface area contributed by atoms with Crippen molar-refractivity contribution in [3.05, 3.63) is 65.2 Å². The topological polar surface area (TPSA) is 41.6 Å². The van der Waals surface area contributed by atoms with Gasteiger partial charge in [-0.25, -0.2) is 0 Å². The lowest BCUT2D eigenvalue weighted by molar-refractivity contribution is -0.131. The molecule has 1 heterocycles. The number of likely N-dealkylation sites (N-methyl/N-ethyl adjacent to an activating group) is 1. The molecule has 0 aromatic heterocycles. The minimum absolute atomic E-state index is 0. The first-order valence-electron chi connectivity index (χ1n) is 9.36. The van der Waals surface area contributed by atoms with Gasteiger partial charge in [0.05, 0.1) is 6.42 Å². The van der Waals surface area contributed by atoms with Gasteiger partial charge in [0.25, 0.3) is 0 Å². The number of ether oxygens (including phenoxy) is 1. The fraction of sp³-hybridized carbons (Fsp3) is 0.409. The van der Waals surface area contributed by atoms with E-state index < -0.39 is 0 Å². The van der Waals surface area contributed by atoms with Gasteiger partial charge in [0.2, 0.25) is 5.91 Å². The average molecular weight is 389 g/mol. The van der Waals surface area contributed by atoms with Crippen LogP contribution in [-0.4, -0.2) is 37.0 Å². The van der Waals surface area contributed by atoms with E-state index in [4.69, 9.17) is 4.74 Å². The fourth-order valence-electron chi connectivity index (χ4n) is 3.44. The third-order valence-corrected chi connectivity index (χ3v) is 4.92. The molecular formula is C22H29ClN2O2. The zero-order chi connectivity index (χ0) is 18.4. The van der Waals surface area contributed by atoms with E-state index in [1.165, 1.54) is 5.56 Å². The van der Waals surface area contributed by atoms with Crippen molar-refractivity contribution in [2.24, 2.45) is 0 Å². The third-order valence-electron chi connectivity index (χ3n) is 4.92. The van der Waals surface area contributed by atoms with E-state index in [2.05, 4.69) is 30.4 Å². The predicted octanol–water partition coefficient (Wildman–Crippen LogP) is 3.75. The zero-order valence-electron chi connectivity index (χ0n) is 16.1. The molecule has 1 N–H and O–H groups in total. The Kier molecular flexibility index (Phi) is 8.14. The molecule has 5 heteroatoms. The summed E-state index contributed by atoms with van der Waals surface area (Å²) in [6, 6.07) is 16.6. The van der Waals surface area contributed by atoms with E-state index in [0.29, 0.717) is 19.1 Å². The third kappa shape index (κ3) is 6.26. The molecule has 1 aliphatic rings. The van der Waals surface area contributed by atoms with Crippen molar-refractivity contribution in [3.63, 3.8) is 0 Å². The van der Waals surface area contributed by atoms with Crippen molar-refractivity contribution in [2.45, 2.75) is 38.8 Å². The highest BCUT2D eigenvalue weighted by Gasteiger charge is 2.22. The van der Waals surface area contributed by atoms with E-state index in [9.17, 15) is 4.79 Å². The largest absolute Gasteiger partial charge is 0.489 e. The average Bonchev–Trinajstić information content (AvgIpc) is 2.67. The molecule has 146 valence electrons. The normalized spacial score (nSPS) is 16.5. The molecule has 0 spiro atoms. The highest BCUT2D eigenvalue weighted by Crippen LogP contribution is 2.18. The molecule has 1 aliphatic heterocycles. The van der Waals surface area contributed by atoms with Gasteiger partial charge in [-0.1, -0.05) is 42.0 Å². The highest BCUT2D eigenvalue weighted by molar-refractivity contribution is 5.85. The van der Waals surface area contributed by atoms with Crippen molar-refractivity contribution in [1.82, 2.24) is 10.2 Å². The fourth-order valence-corrected chi connectivity index (χ4v) is 3.44. The second-order valence-corrected chi connectivity index (χ2v) is 7.07. The molecular weight excluding hydrogens is 360 g/mol. The Labute approximate surface area is 168 Å². The lowest BCUT2D eigenvalue weighted by Gasteiger charge is -2.32. The Morgan fingerprint density at radius 3 is 2.74 bits per heavy atom. The number of benzene rings is 2. The molecule has 4 nitrogen and oxygen atoms in total. The predicted molar refractivity (Wildman–Crippen MR) is 112 cm³/mol. The van der Waals surface area contributed by atoms with Crippen LogP contribution in [-0.2, 0) is 17.8 Å². The van der Waals surface area contributed by atoms with Crippen molar-refractivity contribution < 1.29 is 9.53 Å². The number of nitrogens with one attached hydrogen (secondary N) is 1. The van der Waals surface area contributed by atoms with Gasteiger partial charge in [-0.3, -0.25) is 4.79 Å². The number of rotatable bonds is 6. The number of likely N-dealkylation sites (tertiary alicyclic amines) is 1. The van der Waals surface area contributed by atoms with Gasteiger partial charge in [-0.15, -0.1) is 12.4 Å². The maximum absolute atomic E-state index is 12.6. The summed E-state index contributed by atoms with van der Waals surface area (Å²) in [6.07, 6.45) is 2.64. The van der Waals surface area contributed by atoms with Crippen LogP contribution in [0, 0.1) is 6.92 Å². The van der Waals surface area contributed by atoms with Gasteiger partial charge in [-0.05, 0) is 50.1 Å². The summed E-state index contributed by atoms with van der Waals surface area (Å²) >= 11 is 0. The van der Waals surface area contributed by atoms with Crippen LogP contribution in [0.5, 0.6) is 5.75 Å². The zero-order valence-corrected chi connectivity index (χ0v) is 16.9. The van der Waals surface area contributed by atoms with Crippen molar-refractivity contribution >= 4 is 18.3 Å². The van der Waals surface area contributed by atoms with Crippen LogP contribution in [0.1, 0.15) is 29.5 Å². The lowest BCUT2D eigenvalue weighted by Crippen LogP contribution is -2.47. The Balaban J connectivity index is 0.00000261. The minimum atomic E-state index is 0. The van der Waals surface area contributed by atoms with Crippen LogP contribution in [0.3, 0.4) is 0 Å². The number of hydrogen-bond donors (Lipinski definition) is 1. The van der Waals surface area contributed by atoms with Gasteiger partial charge < -0.3 is 15.0 Å². The van der Waals surface area contributed by atoms with Crippen LogP contribution in [0.15, 0.2) is 48.5 Å². The van der Waals surface area contributed by atoms with E-state index in [-0.39, 0.29) is 18.3 Å². The number of carbonyl (C=O) groups excluding carboxylic acids is 1. The van der Waals surface area contributed by atoms with Gasteiger partial charge in [0.1, 0.15) is 12.4 Å². The Morgan fingerprint density at radius 1 is 1.19 bits per heavy atom. The molecule has 3 rings (SSSR count). The summed E-state index contributed by atoms with van der Waals surface area (Å²) in [7, 11) is 1.97. The Bertz CT molecular complexity index is 751. The van der Waals surface area contributed by atoms with Gasteiger partial charge in [0.15, 0.2) is 0 Å². The maximum atomic E-state index is 12.6. The van der Waals surface area contributed by atoms with Crippen LogP contribution < -0.4 is 10.1 Å². The first-order valence-corrected chi connectivity index (χ1v) is 9.36. The van der Waals surface area contributed by atoms with Gasteiger partial charge >= 0.3 is 0 Å². The molecule has 1 fully saturated rings. The summed E-state index contributed by atoms with van der Waals surface area (Å²) in [4.78, 5) is 14.6. The van der Waals surface area contributed by atoms with Crippen molar-refractivity contribution in [2.75, 3.05) is 20.1 Å². The number of nitrogens with zero attached hydrogens (tertiary/aromatic N) is 1. The second kappa shape index (κ2) is 10.3. The molecule has 2 aromatic rings. The molecule has 1 amide bonds. The molecule has 0 bridgehead atoms. The number of halogens is 1. The summed E-state index contributed by atoms with van der Waals surface area (Å²) in [6.45, 7) is 4.28. The molecule has 1 saturated heterocycles. The standard InChI is InChI=1S/C22H28N2O2.ClH/c1-17-6-3-8-19(12-17)16-26-21-10-4-7-18(13-21)14-22(25)24-11-5-9-20(15-24)23-2;/h3-4,6-8,10,12-13,20,23H,5,9,11,14-16H2,1-2H3;1H. The summed E-state index contributed by atoms with van der Waals surface area (Å²) in [5, 5.41) is 3.28. The van der Waals surface area contributed by atoms with E-state index >= 15 is 0 Å². The molecule has 2 aromatic carbocycles. The molecule has 1 unspecified atom stereocenters. The van der Waals surface area contributed by atoms with Crippen LogP contribution in [0.25, 0.3) is 0 Å². The number of hydrogen-bond acceptors (Lipinski definition) is 3. The van der Waals surface area contributed by atoms with Crippen molar-refractivity contribution in [1.29, 1.82) is 0 Å². The Hall–Kier alpha value is -2.04. The van der Waals surface area contributed by atoms with Crippen LogP contribution >= 0.6 is 12.4 Å². The molecule has 27 heavy (non-hydrogen) atoms. The summed E-state index contributed by atoms with van der Waals surface area (Å²) in [5.41, 5.74) is 3.38. The van der Waals surface area contributed by atoms with Crippen molar-refractivity contribution in [3.8, 4) is 5.75 Å². The highest BCUT2D eigenvalue weighted by atomic mass is 35.5. The number of carbonyl (C=O) groups is 1. The Morgan fingerprint density at radius 2 is 1.96 bits per heavy atom. The first-order chi connectivity index (χ1) is 12.6. The maximum Gasteiger partial charge on any atom is 0.227 e. The van der Waals surface area contributed by atoms with Crippen LogP contribution in [0.2, 0.25) is 0 Å². The smallest absolute Gasteiger partial charge is 0.227 e. The van der Waals surface area contributed by atoms with E-state index in [1.807, 2.05) is 42.3 Å². The first kappa shape index (κ1) is 21.3. The second-order valence-electron chi connectivity index (χ2n) is 7.07. The van der Waals surface area contributed by atoms with Gasteiger partial charge in [-0.2, -0.15) is 0 Å². The molecule has 0 saturated carbocycles.